The largest absolute Gasteiger partial charge is 0.496 e. The second-order valence-corrected chi connectivity index (χ2v) is 7.48. The molecule has 1 amide bonds. The quantitative estimate of drug-likeness (QED) is 0.560. The molecular formula is C20H23NO5. The van der Waals surface area contributed by atoms with Gasteiger partial charge >= 0.3 is 5.97 Å². The molecule has 0 N–H and O–H groups in total. The van der Waals surface area contributed by atoms with Crippen molar-refractivity contribution in [1.29, 1.82) is 0 Å². The minimum absolute atomic E-state index is 0.0275. The molecule has 2 saturated heterocycles. The molecule has 0 aromatic carbocycles. The van der Waals surface area contributed by atoms with Gasteiger partial charge in [-0.3, -0.25) is 9.59 Å². The lowest BCUT2D eigenvalue weighted by Crippen LogP contribution is -2.66. The van der Waals surface area contributed by atoms with Crippen molar-refractivity contribution in [2.75, 3.05) is 7.11 Å². The van der Waals surface area contributed by atoms with Gasteiger partial charge in [0.25, 0.3) is 5.60 Å². The van der Waals surface area contributed by atoms with Gasteiger partial charge in [0.1, 0.15) is 5.54 Å². The monoisotopic (exact) mass is 357 g/mol. The van der Waals surface area contributed by atoms with E-state index in [9.17, 15) is 14.4 Å². The van der Waals surface area contributed by atoms with Crippen molar-refractivity contribution >= 4 is 17.7 Å². The Hall–Kier alpha value is -2.37. The van der Waals surface area contributed by atoms with Crippen molar-refractivity contribution in [3.63, 3.8) is 0 Å². The van der Waals surface area contributed by atoms with Gasteiger partial charge in [-0.05, 0) is 50.7 Å². The molecule has 0 saturated carbocycles. The molecule has 4 aliphatic rings. The van der Waals surface area contributed by atoms with E-state index in [1.807, 2.05) is 0 Å². The molecule has 0 aromatic rings. The molecule has 2 fully saturated rings. The van der Waals surface area contributed by atoms with Crippen molar-refractivity contribution in [1.82, 2.24) is 4.90 Å². The molecule has 3 aliphatic heterocycles. The maximum Gasteiger partial charge on any atom is 0.338 e. The lowest BCUT2D eigenvalue weighted by molar-refractivity contribution is -0.170. The zero-order chi connectivity index (χ0) is 18.9. The summed E-state index contributed by atoms with van der Waals surface area (Å²) in [7, 11) is 1.45. The Kier molecular flexibility index (Phi) is 3.49. The number of methoxy groups -OCH3 is 1. The van der Waals surface area contributed by atoms with E-state index in [2.05, 4.69) is 6.58 Å². The van der Waals surface area contributed by atoms with Gasteiger partial charge in [0.15, 0.2) is 5.76 Å². The Morgan fingerprint density at radius 2 is 1.96 bits per heavy atom. The first-order valence-corrected chi connectivity index (χ1v) is 9.05. The summed E-state index contributed by atoms with van der Waals surface area (Å²) in [5.41, 5.74) is -0.802. The topological polar surface area (TPSA) is 72.9 Å². The average Bonchev–Trinajstić information content (AvgIpc) is 3.14. The highest BCUT2D eigenvalue weighted by molar-refractivity contribution is 6.14. The Balaban J connectivity index is 2.06. The number of rotatable bonds is 2. The Morgan fingerprint density at radius 1 is 1.23 bits per heavy atom. The fourth-order valence-electron chi connectivity index (χ4n) is 5.53. The van der Waals surface area contributed by atoms with Crippen molar-refractivity contribution in [2.45, 2.75) is 63.1 Å². The lowest BCUT2D eigenvalue weighted by Gasteiger charge is -2.47. The number of hydrogen-bond acceptors (Lipinski definition) is 5. The Morgan fingerprint density at radius 3 is 2.62 bits per heavy atom. The first-order chi connectivity index (χ1) is 12.4. The molecule has 2 spiro atoms. The van der Waals surface area contributed by atoms with E-state index in [0.717, 1.165) is 5.57 Å². The molecule has 26 heavy (non-hydrogen) atoms. The molecule has 3 atom stereocenters. The van der Waals surface area contributed by atoms with Crippen molar-refractivity contribution in [3.8, 4) is 0 Å². The third-order valence-corrected chi connectivity index (χ3v) is 6.51. The van der Waals surface area contributed by atoms with E-state index in [1.54, 1.807) is 24.8 Å². The van der Waals surface area contributed by atoms with E-state index in [1.165, 1.54) is 7.11 Å². The molecule has 0 radical (unpaired) electrons. The second kappa shape index (κ2) is 5.32. The van der Waals surface area contributed by atoms with Crippen LogP contribution in [0.25, 0.3) is 0 Å². The number of ketones is 1. The smallest absolute Gasteiger partial charge is 0.338 e. The van der Waals surface area contributed by atoms with Crippen LogP contribution in [0.15, 0.2) is 35.1 Å². The number of hydrogen-bond donors (Lipinski definition) is 0. The van der Waals surface area contributed by atoms with E-state index < -0.39 is 17.1 Å². The van der Waals surface area contributed by atoms with Crippen LogP contribution < -0.4 is 0 Å². The summed E-state index contributed by atoms with van der Waals surface area (Å²) in [6, 6.07) is -0.191. The zero-order valence-electron chi connectivity index (χ0n) is 15.4. The summed E-state index contributed by atoms with van der Waals surface area (Å²) in [5, 5.41) is 0. The lowest BCUT2D eigenvalue weighted by atomic mass is 9.73. The van der Waals surface area contributed by atoms with Crippen molar-refractivity contribution < 1.29 is 23.9 Å². The normalized spacial score (nSPS) is 36.5. The molecule has 0 bridgehead atoms. The molecule has 0 aromatic heterocycles. The number of nitrogens with zero attached hydrogens (tertiary/aromatic N) is 1. The number of carbonyl (C=O) groups excluding carboxylic acids is 3. The Bertz CT molecular complexity index is 822. The van der Waals surface area contributed by atoms with Crippen LogP contribution in [-0.2, 0) is 23.9 Å². The SMILES string of the molecule is C=C[C@H]1CC[C@]23C(=C(C)C(=O)[C@]24OC(=O)C(C)=C4OC)CCCC(=O)N13. The van der Waals surface area contributed by atoms with Gasteiger partial charge < -0.3 is 14.4 Å². The fourth-order valence-corrected chi connectivity index (χ4v) is 5.53. The predicted molar refractivity (Wildman–Crippen MR) is 92.9 cm³/mol. The van der Waals surface area contributed by atoms with Crippen LogP contribution in [0.5, 0.6) is 0 Å². The van der Waals surface area contributed by atoms with E-state index >= 15 is 0 Å². The van der Waals surface area contributed by atoms with E-state index in [0.29, 0.717) is 43.3 Å². The molecule has 6 nitrogen and oxygen atoms in total. The van der Waals surface area contributed by atoms with Crippen LogP contribution >= 0.6 is 0 Å². The van der Waals surface area contributed by atoms with Crippen LogP contribution in [0.3, 0.4) is 0 Å². The molecule has 4 rings (SSSR count). The van der Waals surface area contributed by atoms with Crippen LogP contribution in [0.2, 0.25) is 0 Å². The highest BCUT2D eigenvalue weighted by Gasteiger charge is 2.76. The third-order valence-electron chi connectivity index (χ3n) is 6.51. The molecular weight excluding hydrogens is 334 g/mol. The van der Waals surface area contributed by atoms with Gasteiger partial charge in [-0.2, -0.15) is 0 Å². The second-order valence-electron chi connectivity index (χ2n) is 7.48. The fraction of sp³-hybridized carbons (Fsp3) is 0.550. The van der Waals surface area contributed by atoms with Gasteiger partial charge in [-0.1, -0.05) is 6.08 Å². The summed E-state index contributed by atoms with van der Waals surface area (Å²) in [4.78, 5) is 40.8. The number of amides is 1. The Labute approximate surface area is 152 Å². The highest BCUT2D eigenvalue weighted by Crippen LogP contribution is 2.61. The number of Topliss-reactive ketones (excluding diaryl/α,β-unsaturated/α-hetero) is 1. The summed E-state index contributed by atoms with van der Waals surface area (Å²) in [6.07, 6.45) is 4.69. The number of carbonyl (C=O) groups is 3. The number of esters is 1. The maximum absolute atomic E-state index is 13.5. The third kappa shape index (κ3) is 1.61. The predicted octanol–water partition coefficient (Wildman–Crippen LogP) is 2.20. The van der Waals surface area contributed by atoms with Gasteiger partial charge in [-0.15, -0.1) is 6.58 Å². The molecule has 1 aliphatic carbocycles. The van der Waals surface area contributed by atoms with E-state index in [-0.39, 0.29) is 23.5 Å². The average molecular weight is 357 g/mol. The van der Waals surface area contributed by atoms with Gasteiger partial charge in [-0.25, -0.2) is 4.79 Å². The van der Waals surface area contributed by atoms with E-state index in [4.69, 9.17) is 9.47 Å². The van der Waals surface area contributed by atoms with Crippen molar-refractivity contribution in [2.24, 2.45) is 0 Å². The maximum atomic E-state index is 13.5. The minimum Gasteiger partial charge on any atom is -0.496 e. The van der Waals surface area contributed by atoms with Crippen LogP contribution in [-0.4, -0.2) is 46.9 Å². The molecule has 0 unspecified atom stereocenters. The van der Waals surface area contributed by atoms with Gasteiger partial charge in [0.2, 0.25) is 11.7 Å². The van der Waals surface area contributed by atoms with Crippen LogP contribution in [0.1, 0.15) is 46.0 Å². The van der Waals surface area contributed by atoms with Gasteiger partial charge in [0.05, 0.1) is 18.7 Å². The summed E-state index contributed by atoms with van der Waals surface area (Å²) >= 11 is 0. The first kappa shape index (κ1) is 17.1. The summed E-state index contributed by atoms with van der Waals surface area (Å²) in [6.45, 7) is 7.27. The zero-order valence-corrected chi connectivity index (χ0v) is 15.4. The molecule has 6 heteroatoms. The van der Waals surface area contributed by atoms with Crippen LogP contribution in [0, 0.1) is 0 Å². The number of ether oxygens (including phenoxy) is 2. The van der Waals surface area contributed by atoms with Gasteiger partial charge in [0, 0.05) is 6.42 Å². The minimum atomic E-state index is -1.60. The molecule has 138 valence electrons. The summed E-state index contributed by atoms with van der Waals surface area (Å²) < 4.78 is 11.4. The molecule has 3 heterocycles. The first-order valence-electron chi connectivity index (χ1n) is 9.05. The van der Waals surface area contributed by atoms with Crippen molar-refractivity contribution in [3.05, 3.63) is 35.1 Å². The standard InChI is InChI=1S/C20H23NO5/c1-5-13-9-10-19-14(7-6-8-15(22)21(13)19)11(2)16(23)20(19)17(25-4)12(3)18(24)26-20/h5,13H,1,6-10H2,2-4H3/t13-,19-,20+/m0/s1. The summed E-state index contributed by atoms with van der Waals surface area (Å²) in [5.74, 6) is -0.608. The van der Waals surface area contributed by atoms with Crippen LogP contribution in [0.4, 0.5) is 0 Å². The highest BCUT2D eigenvalue weighted by atomic mass is 16.6.